The van der Waals surface area contributed by atoms with Crippen LogP contribution < -0.4 is 4.74 Å². The van der Waals surface area contributed by atoms with Crippen LogP contribution in [0.15, 0.2) is 6.20 Å². The molecule has 1 heterocycles. The first-order valence-corrected chi connectivity index (χ1v) is 5.25. The molecule has 0 atom stereocenters. The molecule has 1 aromatic rings. The Morgan fingerprint density at radius 1 is 1.22 bits per heavy atom. The molecule has 10 heteroatoms. The van der Waals surface area contributed by atoms with Gasteiger partial charge in [-0.1, -0.05) is 0 Å². The van der Waals surface area contributed by atoms with E-state index in [2.05, 4.69) is 9.72 Å². The fourth-order valence-corrected chi connectivity index (χ4v) is 1.89. The van der Waals surface area contributed by atoms with Crippen LogP contribution in [0.25, 0.3) is 0 Å². The second-order valence-electron chi connectivity index (χ2n) is 2.97. The SMILES string of the molecule is OCc1c(OC(F)(F)F)ncc(C(F)(F)F)c1I. The Kier molecular flexibility index (Phi) is 4.30. The lowest BCUT2D eigenvalue weighted by Gasteiger charge is -2.15. The summed E-state index contributed by atoms with van der Waals surface area (Å²) in [4.78, 5) is 2.94. The summed E-state index contributed by atoms with van der Waals surface area (Å²) in [6, 6.07) is 0. The predicted octanol–water partition coefficient (Wildman–Crippen LogP) is 3.10. The zero-order valence-corrected chi connectivity index (χ0v) is 10.4. The normalized spacial score (nSPS) is 12.7. The topological polar surface area (TPSA) is 42.4 Å². The molecule has 0 aliphatic heterocycles. The molecule has 1 aromatic heterocycles. The lowest BCUT2D eigenvalue weighted by Crippen LogP contribution is -2.20. The smallest absolute Gasteiger partial charge is 0.391 e. The Balaban J connectivity index is 3.30. The van der Waals surface area contributed by atoms with Gasteiger partial charge < -0.3 is 9.84 Å². The summed E-state index contributed by atoms with van der Waals surface area (Å²) < 4.78 is 76.0. The Labute approximate surface area is 110 Å². The molecule has 3 nitrogen and oxygen atoms in total. The van der Waals surface area contributed by atoms with E-state index in [0.717, 1.165) is 0 Å². The number of nitrogens with zero attached hydrogens (tertiary/aromatic N) is 1. The Morgan fingerprint density at radius 3 is 2.17 bits per heavy atom. The third-order valence-electron chi connectivity index (χ3n) is 1.75. The van der Waals surface area contributed by atoms with Crippen molar-refractivity contribution in [3.8, 4) is 5.88 Å². The first-order valence-electron chi connectivity index (χ1n) is 4.17. The third kappa shape index (κ3) is 3.60. The summed E-state index contributed by atoms with van der Waals surface area (Å²) in [5.74, 6) is -1.10. The molecule has 0 saturated heterocycles. The lowest BCUT2D eigenvalue weighted by atomic mass is 10.2. The second kappa shape index (κ2) is 5.07. The standard InChI is InChI=1S/C8H4F6INO2/c9-7(10,11)4-1-16-6(18-8(12,13)14)3(2-17)5(4)15/h1,17H,2H2. The van der Waals surface area contributed by atoms with Crippen LogP contribution in [0.5, 0.6) is 5.88 Å². The van der Waals surface area contributed by atoms with E-state index in [1.807, 2.05) is 0 Å². The van der Waals surface area contributed by atoms with Gasteiger partial charge >= 0.3 is 12.5 Å². The van der Waals surface area contributed by atoms with Crippen LogP contribution in [-0.2, 0) is 12.8 Å². The average Bonchev–Trinajstić information content (AvgIpc) is 2.13. The van der Waals surface area contributed by atoms with Gasteiger partial charge in [0.15, 0.2) is 0 Å². The van der Waals surface area contributed by atoms with E-state index < -0.39 is 39.7 Å². The van der Waals surface area contributed by atoms with Crippen LogP contribution >= 0.6 is 22.6 Å². The fourth-order valence-electron chi connectivity index (χ4n) is 1.05. The van der Waals surface area contributed by atoms with Crippen molar-refractivity contribution in [2.45, 2.75) is 19.1 Å². The highest BCUT2D eigenvalue weighted by Gasteiger charge is 2.38. The van der Waals surface area contributed by atoms with Crippen molar-refractivity contribution in [3.63, 3.8) is 0 Å². The van der Waals surface area contributed by atoms with E-state index in [4.69, 9.17) is 5.11 Å². The van der Waals surface area contributed by atoms with Crippen molar-refractivity contribution in [2.75, 3.05) is 0 Å². The molecule has 0 aromatic carbocycles. The van der Waals surface area contributed by atoms with Gasteiger partial charge in [-0.05, 0) is 22.6 Å². The van der Waals surface area contributed by atoms with Crippen molar-refractivity contribution in [1.29, 1.82) is 0 Å². The zero-order chi connectivity index (χ0) is 14.1. The summed E-state index contributed by atoms with van der Waals surface area (Å²) in [7, 11) is 0. The van der Waals surface area contributed by atoms with Crippen LogP contribution in [0.2, 0.25) is 0 Å². The number of rotatable bonds is 2. The maximum Gasteiger partial charge on any atom is 0.574 e. The van der Waals surface area contributed by atoms with Crippen LogP contribution in [-0.4, -0.2) is 16.5 Å². The molecular formula is C8H4F6INO2. The van der Waals surface area contributed by atoms with E-state index in [0.29, 0.717) is 0 Å². The molecular weight excluding hydrogens is 383 g/mol. The van der Waals surface area contributed by atoms with Gasteiger partial charge in [0.25, 0.3) is 0 Å². The van der Waals surface area contributed by atoms with Gasteiger partial charge in [0, 0.05) is 9.77 Å². The lowest BCUT2D eigenvalue weighted by molar-refractivity contribution is -0.276. The number of aliphatic hydroxyl groups is 1. The van der Waals surface area contributed by atoms with Crippen molar-refractivity contribution < 1.29 is 36.2 Å². The minimum Gasteiger partial charge on any atom is -0.391 e. The molecule has 0 bridgehead atoms. The number of hydrogen-bond acceptors (Lipinski definition) is 3. The number of alkyl halides is 6. The highest BCUT2D eigenvalue weighted by atomic mass is 127. The number of ether oxygens (including phenoxy) is 1. The summed E-state index contributed by atoms with van der Waals surface area (Å²) in [5, 5.41) is 8.83. The molecule has 18 heavy (non-hydrogen) atoms. The van der Waals surface area contributed by atoms with E-state index in [-0.39, 0.29) is 6.20 Å². The molecule has 0 saturated carbocycles. The molecule has 1 rings (SSSR count). The molecule has 0 radical (unpaired) electrons. The molecule has 0 unspecified atom stereocenters. The van der Waals surface area contributed by atoms with Crippen LogP contribution in [0.1, 0.15) is 11.1 Å². The second-order valence-corrected chi connectivity index (χ2v) is 4.05. The Bertz CT molecular complexity index is 444. The molecule has 0 aliphatic rings. The van der Waals surface area contributed by atoms with E-state index in [1.54, 1.807) is 0 Å². The van der Waals surface area contributed by atoms with Gasteiger partial charge in [0.05, 0.1) is 17.7 Å². The molecule has 0 fully saturated rings. The highest BCUT2D eigenvalue weighted by Crippen LogP contribution is 2.37. The van der Waals surface area contributed by atoms with E-state index in [9.17, 15) is 26.3 Å². The molecule has 0 amide bonds. The van der Waals surface area contributed by atoms with Crippen molar-refractivity contribution in [3.05, 3.63) is 20.9 Å². The number of pyridine rings is 1. The Morgan fingerprint density at radius 2 is 1.78 bits per heavy atom. The minimum absolute atomic E-state index is 0.224. The van der Waals surface area contributed by atoms with Gasteiger partial charge in [-0.3, -0.25) is 0 Å². The summed E-state index contributed by atoms with van der Waals surface area (Å²) >= 11 is 1.18. The summed E-state index contributed by atoms with van der Waals surface area (Å²) in [6.07, 6.45) is -9.65. The molecule has 0 spiro atoms. The van der Waals surface area contributed by atoms with Gasteiger partial charge in [-0.15, -0.1) is 13.2 Å². The number of aromatic nitrogens is 1. The van der Waals surface area contributed by atoms with Crippen molar-refractivity contribution in [1.82, 2.24) is 4.98 Å². The largest absolute Gasteiger partial charge is 0.574 e. The fraction of sp³-hybridized carbons (Fsp3) is 0.375. The quantitative estimate of drug-likeness (QED) is 0.627. The first kappa shape index (κ1) is 15.3. The van der Waals surface area contributed by atoms with E-state index in [1.165, 1.54) is 22.6 Å². The summed E-state index contributed by atoms with van der Waals surface area (Å²) in [5.41, 5.74) is -1.90. The minimum atomic E-state index is -5.10. The van der Waals surface area contributed by atoms with Crippen LogP contribution in [0.4, 0.5) is 26.3 Å². The number of halogens is 7. The molecule has 102 valence electrons. The molecule has 0 aliphatic carbocycles. The van der Waals surface area contributed by atoms with Gasteiger partial charge in [0.1, 0.15) is 0 Å². The summed E-state index contributed by atoms with van der Waals surface area (Å²) in [6.45, 7) is -1.05. The van der Waals surface area contributed by atoms with E-state index >= 15 is 0 Å². The maximum atomic E-state index is 12.4. The van der Waals surface area contributed by atoms with Crippen LogP contribution in [0.3, 0.4) is 0 Å². The monoisotopic (exact) mass is 387 g/mol. The predicted molar refractivity (Wildman–Crippen MR) is 54.6 cm³/mol. The van der Waals surface area contributed by atoms with Crippen LogP contribution in [0, 0.1) is 3.57 Å². The average molecular weight is 387 g/mol. The third-order valence-corrected chi connectivity index (χ3v) is 2.98. The first-order chi connectivity index (χ1) is 8.06. The molecule has 1 N–H and O–H groups in total. The zero-order valence-electron chi connectivity index (χ0n) is 8.23. The van der Waals surface area contributed by atoms with Gasteiger partial charge in [-0.25, -0.2) is 4.98 Å². The van der Waals surface area contributed by atoms with Crippen molar-refractivity contribution >= 4 is 22.6 Å². The van der Waals surface area contributed by atoms with Gasteiger partial charge in [-0.2, -0.15) is 13.2 Å². The number of aliphatic hydroxyl groups excluding tert-OH is 1. The number of hydrogen-bond donors (Lipinski definition) is 1. The van der Waals surface area contributed by atoms with Gasteiger partial charge in [0.2, 0.25) is 5.88 Å². The maximum absolute atomic E-state index is 12.4. The Hall–Kier alpha value is -0.780. The van der Waals surface area contributed by atoms with Crippen molar-refractivity contribution in [2.24, 2.45) is 0 Å². The highest BCUT2D eigenvalue weighted by molar-refractivity contribution is 14.1.